The van der Waals surface area contributed by atoms with Crippen LogP contribution >= 0.6 is 23.2 Å². The fraction of sp³-hybridized carbons (Fsp3) is 0.875. The van der Waals surface area contributed by atoms with E-state index in [4.69, 9.17) is 23.2 Å². The number of carbonyl (C=O) groups is 1. The second-order valence-corrected chi connectivity index (χ2v) is 4.10. The maximum atomic E-state index is 10.6. The van der Waals surface area contributed by atoms with Gasteiger partial charge in [-0.2, -0.15) is 0 Å². The lowest BCUT2D eigenvalue weighted by molar-refractivity contribution is -0.112. The highest BCUT2D eigenvalue weighted by atomic mass is 35.5. The number of halogens is 2. The molecule has 64 valence electrons. The number of carbonyl (C=O) groups excluding carboxylic acids is 1. The fourth-order valence-corrected chi connectivity index (χ4v) is 2.17. The third-order valence-electron chi connectivity index (χ3n) is 2.24. The predicted molar refractivity (Wildman–Crippen MR) is 47.1 cm³/mol. The Bertz CT molecular complexity index is 147. The molecule has 0 bridgehead atoms. The average Bonchev–Trinajstić information content (AvgIpc) is 1.93. The SMILES string of the molecule is O=C(Cl)CC1CCCCC1Cl. The van der Waals surface area contributed by atoms with E-state index in [1.165, 1.54) is 12.8 Å². The largest absolute Gasteiger partial charge is 0.281 e. The van der Waals surface area contributed by atoms with Gasteiger partial charge in [-0.05, 0) is 30.4 Å². The third kappa shape index (κ3) is 3.00. The molecule has 0 aromatic heterocycles. The van der Waals surface area contributed by atoms with E-state index in [-0.39, 0.29) is 10.6 Å². The quantitative estimate of drug-likeness (QED) is 0.489. The van der Waals surface area contributed by atoms with E-state index < -0.39 is 0 Å². The number of rotatable bonds is 2. The smallest absolute Gasteiger partial charge is 0.221 e. The van der Waals surface area contributed by atoms with Gasteiger partial charge < -0.3 is 0 Å². The summed E-state index contributed by atoms with van der Waals surface area (Å²) in [6, 6.07) is 0. The maximum Gasteiger partial charge on any atom is 0.221 e. The molecule has 1 fully saturated rings. The molecular formula is C8H12Cl2O. The molecule has 3 heteroatoms. The average molecular weight is 195 g/mol. The molecule has 11 heavy (non-hydrogen) atoms. The molecular weight excluding hydrogens is 183 g/mol. The predicted octanol–water partition coefficient (Wildman–Crippen LogP) is 2.94. The van der Waals surface area contributed by atoms with Crippen LogP contribution < -0.4 is 0 Å². The molecule has 1 aliphatic rings. The summed E-state index contributed by atoms with van der Waals surface area (Å²) >= 11 is 11.3. The first-order valence-corrected chi connectivity index (χ1v) is 4.84. The van der Waals surface area contributed by atoms with E-state index >= 15 is 0 Å². The number of alkyl halides is 1. The highest BCUT2D eigenvalue weighted by Crippen LogP contribution is 2.31. The standard InChI is InChI=1S/C8H12Cl2O/c9-7-4-2-1-3-6(7)5-8(10)11/h6-7H,1-5H2. The van der Waals surface area contributed by atoms with E-state index in [0.29, 0.717) is 12.3 Å². The number of hydrogen-bond donors (Lipinski definition) is 0. The molecule has 2 unspecified atom stereocenters. The molecule has 0 aliphatic heterocycles. The van der Waals surface area contributed by atoms with Gasteiger partial charge in [0.05, 0.1) is 0 Å². The van der Waals surface area contributed by atoms with Gasteiger partial charge in [0.15, 0.2) is 0 Å². The fourth-order valence-electron chi connectivity index (χ4n) is 1.60. The molecule has 2 atom stereocenters. The van der Waals surface area contributed by atoms with Gasteiger partial charge in [0.25, 0.3) is 0 Å². The van der Waals surface area contributed by atoms with Crippen molar-refractivity contribution in [1.82, 2.24) is 0 Å². The van der Waals surface area contributed by atoms with Gasteiger partial charge in [0.2, 0.25) is 5.24 Å². The zero-order valence-corrected chi connectivity index (χ0v) is 7.87. The lowest BCUT2D eigenvalue weighted by Crippen LogP contribution is -2.21. The summed E-state index contributed by atoms with van der Waals surface area (Å²) in [5, 5.41) is -0.0750. The Kier molecular flexibility index (Phi) is 3.67. The minimum atomic E-state index is -0.248. The van der Waals surface area contributed by atoms with Gasteiger partial charge in [-0.15, -0.1) is 11.6 Å². The van der Waals surface area contributed by atoms with E-state index in [2.05, 4.69) is 0 Å². The molecule has 0 amide bonds. The lowest BCUT2D eigenvalue weighted by atomic mass is 9.87. The lowest BCUT2D eigenvalue weighted by Gasteiger charge is -2.25. The van der Waals surface area contributed by atoms with E-state index in [1.54, 1.807) is 0 Å². The van der Waals surface area contributed by atoms with Crippen molar-refractivity contribution >= 4 is 28.4 Å². The summed E-state index contributed by atoms with van der Waals surface area (Å²) < 4.78 is 0. The summed E-state index contributed by atoms with van der Waals surface area (Å²) in [6.45, 7) is 0. The van der Waals surface area contributed by atoms with Gasteiger partial charge >= 0.3 is 0 Å². The van der Waals surface area contributed by atoms with Crippen molar-refractivity contribution in [2.45, 2.75) is 37.5 Å². The van der Waals surface area contributed by atoms with Crippen molar-refractivity contribution in [1.29, 1.82) is 0 Å². The van der Waals surface area contributed by atoms with Crippen LogP contribution in [0.5, 0.6) is 0 Å². The highest BCUT2D eigenvalue weighted by molar-refractivity contribution is 6.63. The summed E-state index contributed by atoms with van der Waals surface area (Å²) in [6.07, 6.45) is 4.94. The Morgan fingerprint density at radius 3 is 2.55 bits per heavy atom. The Labute approximate surface area is 77.1 Å². The second-order valence-electron chi connectivity index (χ2n) is 3.12. The zero-order valence-electron chi connectivity index (χ0n) is 6.35. The topological polar surface area (TPSA) is 17.1 Å². The Morgan fingerprint density at radius 1 is 1.36 bits per heavy atom. The first-order valence-electron chi connectivity index (χ1n) is 4.02. The Hall–Kier alpha value is 0.250. The normalized spacial score (nSPS) is 31.8. The molecule has 0 saturated heterocycles. The summed E-state index contributed by atoms with van der Waals surface area (Å²) in [5.41, 5.74) is 0. The molecule has 0 N–H and O–H groups in total. The van der Waals surface area contributed by atoms with Gasteiger partial charge in [-0.3, -0.25) is 4.79 Å². The van der Waals surface area contributed by atoms with Crippen LogP contribution in [0.2, 0.25) is 0 Å². The second kappa shape index (κ2) is 4.32. The highest BCUT2D eigenvalue weighted by Gasteiger charge is 2.24. The van der Waals surface area contributed by atoms with Gasteiger partial charge in [-0.25, -0.2) is 0 Å². The maximum absolute atomic E-state index is 10.6. The van der Waals surface area contributed by atoms with Crippen LogP contribution in [0.15, 0.2) is 0 Å². The van der Waals surface area contributed by atoms with Crippen LogP contribution in [0, 0.1) is 5.92 Å². The van der Waals surface area contributed by atoms with Gasteiger partial charge in [-0.1, -0.05) is 12.8 Å². The van der Waals surface area contributed by atoms with Gasteiger partial charge in [0.1, 0.15) is 0 Å². The summed E-state index contributed by atoms with van der Waals surface area (Å²) in [7, 11) is 0. The first-order chi connectivity index (χ1) is 5.20. The molecule has 1 saturated carbocycles. The molecule has 0 heterocycles. The minimum Gasteiger partial charge on any atom is -0.281 e. The van der Waals surface area contributed by atoms with Crippen molar-refractivity contribution in [2.75, 3.05) is 0 Å². The Balaban J connectivity index is 2.35. The van der Waals surface area contributed by atoms with Crippen LogP contribution in [-0.2, 0) is 4.79 Å². The first kappa shape index (κ1) is 9.34. The molecule has 1 aliphatic carbocycles. The molecule has 0 spiro atoms. The van der Waals surface area contributed by atoms with Crippen LogP contribution in [0.3, 0.4) is 0 Å². The third-order valence-corrected chi connectivity index (χ3v) is 2.97. The molecule has 1 nitrogen and oxygen atoms in total. The molecule has 0 aromatic carbocycles. The summed E-state index contributed by atoms with van der Waals surface area (Å²) in [5.74, 6) is 0.329. The molecule has 1 rings (SSSR count). The van der Waals surface area contributed by atoms with Crippen molar-refractivity contribution < 1.29 is 4.79 Å². The van der Waals surface area contributed by atoms with E-state index in [0.717, 1.165) is 12.8 Å². The van der Waals surface area contributed by atoms with Crippen LogP contribution in [0.25, 0.3) is 0 Å². The molecule has 0 radical (unpaired) electrons. The van der Waals surface area contributed by atoms with Crippen LogP contribution in [0.1, 0.15) is 32.1 Å². The monoisotopic (exact) mass is 194 g/mol. The van der Waals surface area contributed by atoms with Crippen molar-refractivity contribution in [2.24, 2.45) is 5.92 Å². The summed E-state index contributed by atoms with van der Waals surface area (Å²) in [4.78, 5) is 10.6. The van der Waals surface area contributed by atoms with Crippen molar-refractivity contribution in [3.05, 3.63) is 0 Å². The van der Waals surface area contributed by atoms with Crippen LogP contribution in [0.4, 0.5) is 0 Å². The molecule has 0 aromatic rings. The van der Waals surface area contributed by atoms with E-state index in [9.17, 15) is 4.79 Å². The zero-order chi connectivity index (χ0) is 8.27. The minimum absolute atomic E-state index is 0.173. The van der Waals surface area contributed by atoms with Crippen molar-refractivity contribution in [3.8, 4) is 0 Å². The van der Waals surface area contributed by atoms with Crippen LogP contribution in [-0.4, -0.2) is 10.6 Å². The number of hydrogen-bond acceptors (Lipinski definition) is 1. The van der Waals surface area contributed by atoms with Gasteiger partial charge in [0, 0.05) is 11.8 Å². The van der Waals surface area contributed by atoms with E-state index in [1.807, 2.05) is 0 Å². The van der Waals surface area contributed by atoms with Crippen molar-refractivity contribution in [3.63, 3.8) is 0 Å². The Morgan fingerprint density at radius 2 is 2.00 bits per heavy atom.